The molecule has 1 amide bonds. The number of carbonyl (C=O) groups is 1. The minimum Gasteiger partial charge on any atom is -0.322 e. The van der Waals surface area contributed by atoms with Gasteiger partial charge in [0.05, 0.1) is 16.8 Å². The van der Waals surface area contributed by atoms with Crippen LogP contribution in [-0.4, -0.2) is 15.7 Å². The van der Waals surface area contributed by atoms with Gasteiger partial charge in [0.25, 0.3) is 5.91 Å². The summed E-state index contributed by atoms with van der Waals surface area (Å²) in [5.41, 5.74) is 2.32. The maximum Gasteiger partial charge on any atom is 0.416 e. The predicted molar refractivity (Wildman–Crippen MR) is 96.7 cm³/mol. The molecule has 0 bridgehead atoms. The molecule has 0 radical (unpaired) electrons. The molecule has 1 aromatic heterocycles. The first-order valence-electron chi connectivity index (χ1n) is 8.56. The molecule has 0 saturated carbocycles. The molecule has 0 fully saturated rings. The van der Waals surface area contributed by atoms with Gasteiger partial charge < -0.3 is 5.32 Å². The van der Waals surface area contributed by atoms with Crippen LogP contribution in [-0.2, 0) is 13.2 Å². The lowest BCUT2D eigenvalue weighted by Crippen LogP contribution is -2.25. The van der Waals surface area contributed by atoms with Gasteiger partial charge in [-0.25, -0.2) is 0 Å². The van der Waals surface area contributed by atoms with Crippen LogP contribution in [0.3, 0.4) is 0 Å². The third-order valence-electron chi connectivity index (χ3n) is 4.46. The Bertz CT molecular complexity index is 921. The molecule has 0 spiro atoms. The van der Waals surface area contributed by atoms with Crippen molar-refractivity contribution < 1.29 is 18.0 Å². The van der Waals surface area contributed by atoms with Crippen LogP contribution in [0.25, 0.3) is 5.57 Å². The third kappa shape index (κ3) is 4.13. The monoisotopic (exact) mass is 375 g/mol. The van der Waals surface area contributed by atoms with Crippen LogP contribution < -0.4 is 5.32 Å². The molecule has 0 aliphatic heterocycles. The van der Waals surface area contributed by atoms with Crippen molar-refractivity contribution in [2.24, 2.45) is 13.0 Å². The van der Waals surface area contributed by atoms with Crippen molar-refractivity contribution in [3.63, 3.8) is 0 Å². The number of benzene rings is 1. The van der Waals surface area contributed by atoms with Crippen LogP contribution in [0.5, 0.6) is 0 Å². The van der Waals surface area contributed by atoms with Crippen LogP contribution in [0.1, 0.15) is 40.5 Å². The molecule has 1 N–H and O–H groups in total. The fourth-order valence-electron chi connectivity index (χ4n) is 3.08. The average molecular weight is 375 g/mol. The molecule has 1 atom stereocenters. The molecule has 3 rings (SSSR count). The molecule has 1 aliphatic carbocycles. The Morgan fingerprint density at radius 2 is 1.93 bits per heavy atom. The molecular weight excluding hydrogens is 355 g/mol. The Morgan fingerprint density at radius 3 is 2.48 bits per heavy atom. The van der Waals surface area contributed by atoms with E-state index in [2.05, 4.69) is 10.4 Å². The van der Waals surface area contributed by atoms with Gasteiger partial charge in [0.15, 0.2) is 0 Å². The number of amides is 1. The van der Waals surface area contributed by atoms with Crippen molar-refractivity contribution in [1.29, 1.82) is 0 Å². The highest BCUT2D eigenvalue weighted by molar-refractivity contribution is 5.99. The summed E-state index contributed by atoms with van der Waals surface area (Å²) in [5.74, 6) is -0.0673. The van der Waals surface area contributed by atoms with Gasteiger partial charge in [-0.15, -0.1) is 0 Å². The number of allylic oxidation sites excluding steroid dienone is 3. The highest BCUT2D eigenvalue weighted by atomic mass is 19.4. The fraction of sp³-hybridized carbons (Fsp3) is 0.300. The molecule has 4 nitrogen and oxygen atoms in total. The molecule has 2 aromatic rings. The molecule has 27 heavy (non-hydrogen) atoms. The smallest absolute Gasteiger partial charge is 0.322 e. The van der Waals surface area contributed by atoms with E-state index in [9.17, 15) is 18.0 Å². The number of aromatic nitrogens is 2. The van der Waals surface area contributed by atoms with Crippen molar-refractivity contribution in [3.8, 4) is 0 Å². The van der Waals surface area contributed by atoms with E-state index in [-0.39, 0.29) is 11.8 Å². The van der Waals surface area contributed by atoms with Gasteiger partial charge in [-0.05, 0) is 37.0 Å². The topological polar surface area (TPSA) is 46.9 Å². The van der Waals surface area contributed by atoms with Crippen LogP contribution in [0.4, 0.5) is 13.2 Å². The summed E-state index contributed by atoms with van der Waals surface area (Å²) in [5, 5.41) is 7.04. The van der Waals surface area contributed by atoms with Crippen LogP contribution in [0.2, 0.25) is 0 Å². The number of carbonyl (C=O) groups excluding carboxylic acids is 1. The third-order valence-corrected chi connectivity index (χ3v) is 4.46. The normalized spacial score (nSPS) is 17.3. The zero-order valence-electron chi connectivity index (χ0n) is 15.3. The maximum absolute atomic E-state index is 12.8. The summed E-state index contributed by atoms with van der Waals surface area (Å²) in [6.45, 7) is 3.77. The summed E-state index contributed by atoms with van der Waals surface area (Å²) in [6, 6.07) is 4.98. The molecule has 1 aromatic carbocycles. The number of aryl methyl sites for hydroxylation is 2. The van der Waals surface area contributed by atoms with Crippen molar-refractivity contribution in [1.82, 2.24) is 15.1 Å². The van der Waals surface area contributed by atoms with Crippen molar-refractivity contribution in [3.05, 3.63) is 70.7 Å². The zero-order chi connectivity index (χ0) is 19.8. The van der Waals surface area contributed by atoms with Crippen molar-refractivity contribution >= 4 is 11.5 Å². The van der Waals surface area contributed by atoms with Crippen LogP contribution in [0.15, 0.2) is 48.3 Å². The minimum absolute atomic E-state index is 0.225. The Labute approximate surface area is 155 Å². The number of nitrogens with zero attached hydrogens (tertiary/aromatic N) is 2. The van der Waals surface area contributed by atoms with E-state index in [1.54, 1.807) is 24.9 Å². The predicted octanol–water partition coefficient (Wildman–Crippen LogP) is 4.48. The molecular formula is C20H20F3N3O. The van der Waals surface area contributed by atoms with E-state index in [1.165, 1.54) is 12.1 Å². The minimum atomic E-state index is -4.38. The van der Waals surface area contributed by atoms with Crippen LogP contribution in [0, 0.1) is 12.8 Å². The highest BCUT2D eigenvalue weighted by Crippen LogP contribution is 2.33. The van der Waals surface area contributed by atoms with Crippen LogP contribution >= 0.6 is 0 Å². The van der Waals surface area contributed by atoms with Gasteiger partial charge in [0, 0.05) is 24.5 Å². The van der Waals surface area contributed by atoms with E-state index in [0.717, 1.165) is 24.1 Å². The maximum atomic E-state index is 12.8. The Hall–Kier alpha value is -2.83. The zero-order valence-corrected chi connectivity index (χ0v) is 15.3. The Kier molecular flexibility index (Phi) is 4.95. The van der Waals surface area contributed by atoms with Gasteiger partial charge in [-0.1, -0.05) is 31.2 Å². The molecule has 1 heterocycles. The van der Waals surface area contributed by atoms with E-state index in [4.69, 9.17) is 0 Å². The standard InChI is InChI=1S/C20H20F3N3O/c1-12-4-9-18(24-19(27)17-11-26(3)25-13(17)2)16(10-12)14-5-7-15(8-6-14)20(21,22)23/h5-12H,4H2,1-3H3,(H,24,27). The first-order chi connectivity index (χ1) is 12.6. The first kappa shape index (κ1) is 18.9. The Morgan fingerprint density at radius 1 is 1.26 bits per heavy atom. The number of nitrogens with one attached hydrogen (secondary N) is 1. The summed E-state index contributed by atoms with van der Waals surface area (Å²) in [7, 11) is 1.73. The summed E-state index contributed by atoms with van der Waals surface area (Å²) in [4.78, 5) is 12.6. The van der Waals surface area contributed by atoms with Crippen molar-refractivity contribution in [2.75, 3.05) is 0 Å². The van der Waals surface area contributed by atoms with E-state index in [0.29, 0.717) is 22.5 Å². The van der Waals surface area contributed by atoms with Gasteiger partial charge in [0.2, 0.25) is 0 Å². The Balaban J connectivity index is 1.87. The lowest BCUT2D eigenvalue weighted by Gasteiger charge is -2.21. The quantitative estimate of drug-likeness (QED) is 0.860. The van der Waals surface area contributed by atoms with Gasteiger partial charge >= 0.3 is 6.18 Å². The lowest BCUT2D eigenvalue weighted by atomic mass is 9.90. The fourth-order valence-corrected chi connectivity index (χ4v) is 3.08. The summed E-state index contributed by atoms with van der Waals surface area (Å²) < 4.78 is 40.0. The van der Waals surface area contributed by atoms with E-state index >= 15 is 0 Å². The number of alkyl halides is 3. The number of rotatable bonds is 3. The lowest BCUT2D eigenvalue weighted by molar-refractivity contribution is -0.137. The van der Waals surface area contributed by atoms with Gasteiger partial charge in [-0.3, -0.25) is 9.48 Å². The second kappa shape index (κ2) is 7.06. The van der Waals surface area contributed by atoms with E-state index in [1.807, 2.05) is 19.1 Å². The number of hydrogen-bond donors (Lipinski definition) is 1. The number of hydrogen-bond acceptors (Lipinski definition) is 2. The second-order valence-electron chi connectivity index (χ2n) is 6.74. The van der Waals surface area contributed by atoms with Gasteiger partial charge in [0.1, 0.15) is 0 Å². The molecule has 1 aliphatic rings. The van der Waals surface area contributed by atoms with E-state index < -0.39 is 11.7 Å². The molecule has 7 heteroatoms. The van der Waals surface area contributed by atoms with Crippen molar-refractivity contribution in [2.45, 2.75) is 26.4 Å². The average Bonchev–Trinajstić information content (AvgIpc) is 2.94. The largest absolute Gasteiger partial charge is 0.416 e. The summed E-state index contributed by atoms with van der Waals surface area (Å²) >= 11 is 0. The number of halogens is 3. The molecule has 0 saturated heterocycles. The highest BCUT2D eigenvalue weighted by Gasteiger charge is 2.30. The first-order valence-corrected chi connectivity index (χ1v) is 8.56. The molecule has 142 valence electrons. The van der Waals surface area contributed by atoms with Gasteiger partial charge in [-0.2, -0.15) is 18.3 Å². The second-order valence-corrected chi connectivity index (χ2v) is 6.74. The summed E-state index contributed by atoms with van der Waals surface area (Å²) in [6.07, 6.45) is 1.87. The SMILES string of the molecule is Cc1nn(C)cc1C(=O)NC1=CCC(C)C=C1c1ccc(C(F)(F)F)cc1. The molecule has 1 unspecified atom stereocenters.